The Bertz CT molecular complexity index is 563. The fourth-order valence-corrected chi connectivity index (χ4v) is 2.72. The second-order valence-corrected chi connectivity index (χ2v) is 5.80. The number of hydrogen-bond acceptors (Lipinski definition) is 5. The molecule has 0 spiro atoms. The third kappa shape index (κ3) is 3.23. The third-order valence-electron chi connectivity index (χ3n) is 2.97. The molecule has 2 N–H and O–H groups in total. The van der Waals surface area contributed by atoms with Gasteiger partial charge in [-0.3, -0.25) is 0 Å². The number of thiophene rings is 1. The highest BCUT2D eigenvalue weighted by atomic mass is 32.1. The van der Waals surface area contributed by atoms with Gasteiger partial charge in [0, 0.05) is 28.8 Å². The van der Waals surface area contributed by atoms with Gasteiger partial charge < -0.3 is 10.6 Å². The molecule has 0 aliphatic rings. The predicted octanol–water partition coefficient (Wildman–Crippen LogP) is 3.37. The van der Waals surface area contributed by atoms with E-state index in [1.807, 2.05) is 25.3 Å². The van der Waals surface area contributed by atoms with Gasteiger partial charge in [-0.15, -0.1) is 11.3 Å². The Kier molecular flexibility index (Phi) is 4.37. The lowest BCUT2D eigenvalue weighted by atomic mass is 10.3. The highest BCUT2D eigenvalue weighted by molar-refractivity contribution is 7.11. The van der Waals surface area contributed by atoms with Gasteiger partial charge in [0.15, 0.2) is 0 Å². The highest BCUT2D eigenvalue weighted by Crippen LogP contribution is 2.22. The summed E-state index contributed by atoms with van der Waals surface area (Å²) in [6.45, 7) is 7.03. The van der Waals surface area contributed by atoms with Crippen molar-refractivity contribution in [2.75, 3.05) is 17.7 Å². The molecule has 0 aliphatic heterocycles. The molecule has 0 aromatic carbocycles. The van der Waals surface area contributed by atoms with Crippen LogP contribution in [0.5, 0.6) is 0 Å². The second kappa shape index (κ2) is 6.02. The Hall–Kier alpha value is -1.62. The predicted molar refractivity (Wildman–Crippen MR) is 82.1 cm³/mol. The van der Waals surface area contributed by atoms with E-state index in [1.165, 1.54) is 9.75 Å². The molecule has 102 valence electrons. The van der Waals surface area contributed by atoms with E-state index in [2.05, 4.69) is 46.6 Å². The van der Waals surface area contributed by atoms with Crippen LogP contribution < -0.4 is 10.6 Å². The van der Waals surface area contributed by atoms with E-state index in [4.69, 9.17) is 0 Å². The Balaban J connectivity index is 2.19. The lowest BCUT2D eigenvalue weighted by molar-refractivity contribution is 0.926. The minimum absolute atomic E-state index is 0.808. The van der Waals surface area contributed by atoms with Crippen molar-refractivity contribution in [1.29, 1.82) is 0 Å². The molecule has 0 unspecified atom stereocenters. The zero-order valence-corrected chi connectivity index (χ0v) is 12.7. The molecular formula is C14H20N4S. The molecule has 0 saturated carbocycles. The lowest BCUT2D eigenvalue weighted by Crippen LogP contribution is -2.09. The molecule has 2 rings (SSSR count). The number of aryl methyl sites for hydroxylation is 2. The normalized spacial score (nSPS) is 10.5. The van der Waals surface area contributed by atoms with Gasteiger partial charge in [-0.2, -0.15) is 0 Å². The van der Waals surface area contributed by atoms with Crippen LogP contribution in [0.1, 0.15) is 28.1 Å². The van der Waals surface area contributed by atoms with Crippen molar-refractivity contribution in [1.82, 2.24) is 9.97 Å². The topological polar surface area (TPSA) is 49.8 Å². The zero-order chi connectivity index (χ0) is 13.8. The Morgan fingerprint density at radius 2 is 1.89 bits per heavy atom. The summed E-state index contributed by atoms with van der Waals surface area (Å²) in [6, 6.07) is 4.30. The summed E-state index contributed by atoms with van der Waals surface area (Å²) in [5.74, 6) is 2.68. The van der Waals surface area contributed by atoms with E-state index in [9.17, 15) is 0 Å². The van der Waals surface area contributed by atoms with Crippen LogP contribution in [0, 0.1) is 13.8 Å². The average Bonchev–Trinajstić information content (AvgIpc) is 2.83. The average molecular weight is 276 g/mol. The van der Waals surface area contributed by atoms with Crippen LogP contribution in [0.4, 0.5) is 11.6 Å². The molecule has 0 fully saturated rings. The molecule has 2 aromatic rings. The summed E-state index contributed by atoms with van der Waals surface area (Å²) in [7, 11) is 1.89. The van der Waals surface area contributed by atoms with Crippen LogP contribution in [-0.4, -0.2) is 17.0 Å². The smallest absolute Gasteiger partial charge is 0.135 e. The molecule has 0 radical (unpaired) electrons. The van der Waals surface area contributed by atoms with Crippen LogP contribution in [-0.2, 0) is 13.0 Å². The fourth-order valence-electron chi connectivity index (χ4n) is 1.89. The summed E-state index contributed by atoms with van der Waals surface area (Å²) in [4.78, 5) is 11.7. The molecule has 4 nitrogen and oxygen atoms in total. The minimum Gasteiger partial charge on any atom is -0.373 e. The molecule has 19 heavy (non-hydrogen) atoms. The number of aromatic nitrogens is 2. The van der Waals surface area contributed by atoms with Crippen molar-refractivity contribution < 1.29 is 0 Å². The standard InChI is InChI=1S/C14H20N4S/c1-5-12-17-13(15-4)10(3)14(18-12)16-8-11-7-6-9(2)19-11/h6-7H,5,8H2,1-4H3,(H2,15,16,17,18). The van der Waals surface area contributed by atoms with E-state index >= 15 is 0 Å². The Labute approximate surface area is 118 Å². The highest BCUT2D eigenvalue weighted by Gasteiger charge is 2.09. The SMILES string of the molecule is CCc1nc(NC)c(C)c(NCc2ccc(C)s2)n1. The van der Waals surface area contributed by atoms with Gasteiger partial charge >= 0.3 is 0 Å². The van der Waals surface area contributed by atoms with Crippen molar-refractivity contribution >= 4 is 23.0 Å². The Morgan fingerprint density at radius 1 is 1.16 bits per heavy atom. The van der Waals surface area contributed by atoms with E-state index in [0.29, 0.717) is 0 Å². The van der Waals surface area contributed by atoms with E-state index in [-0.39, 0.29) is 0 Å². The fraction of sp³-hybridized carbons (Fsp3) is 0.429. The van der Waals surface area contributed by atoms with Crippen LogP contribution in [0.3, 0.4) is 0 Å². The monoisotopic (exact) mass is 276 g/mol. The zero-order valence-electron chi connectivity index (χ0n) is 11.9. The number of nitrogens with one attached hydrogen (secondary N) is 2. The molecule has 2 aromatic heterocycles. The first-order valence-corrected chi connectivity index (χ1v) is 7.30. The van der Waals surface area contributed by atoms with Gasteiger partial charge in [-0.1, -0.05) is 6.92 Å². The summed E-state index contributed by atoms with van der Waals surface area (Å²) >= 11 is 1.81. The number of anilines is 2. The van der Waals surface area contributed by atoms with Gasteiger partial charge in [0.2, 0.25) is 0 Å². The molecular weight excluding hydrogens is 256 g/mol. The largest absolute Gasteiger partial charge is 0.373 e. The maximum atomic E-state index is 4.56. The van der Waals surface area contributed by atoms with E-state index in [1.54, 1.807) is 0 Å². The molecule has 5 heteroatoms. The third-order valence-corrected chi connectivity index (χ3v) is 3.97. The number of nitrogens with zero attached hydrogens (tertiary/aromatic N) is 2. The van der Waals surface area contributed by atoms with Gasteiger partial charge in [0.05, 0.1) is 6.54 Å². The summed E-state index contributed by atoms with van der Waals surface area (Å²) in [5, 5.41) is 6.54. The second-order valence-electron chi connectivity index (χ2n) is 4.43. The molecule has 0 bridgehead atoms. The molecule has 2 heterocycles. The first-order valence-electron chi connectivity index (χ1n) is 6.48. The molecule has 0 amide bonds. The first-order chi connectivity index (χ1) is 9.13. The maximum Gasteiger partial charge on any atom is 0.135 e. The van der Waals surface area contributed by atoms with Gasteiger partial charge in [-0.05, 0) is 26.0 Å². The van der Waals surface area contributed by atoms with Crippen molar-refractivity contribution in [2.24, 2.45) is 0 Å². The van der Waals surface area contributed by atoms with Crippen LogP contribution in [0.25, 0.3) is 0 Å². The van der Waals surface area contributed by atoms with E-state index in [0.717, 1.165) is 36.0 Å². The molecule has 0 aliphatic carbocycles. The van der Waals surface area contributed by atoms with Crippen molar-refractivity contribution in [3.63, 3.8) is 0 Å². The molecule has 0 atom stereocenters. The summed E-state index contributed by atoms with van der Waals surface area (Å²) < 4.78 is 0. The van der Waals surface area contributed by atoms with Crippen LogP contribution in [0.15, 0.2) is 12.1 Å². The number of hydrogen-bond donors (Lipinski definition) is 2. The Morgan fingerprint density at radius 3 is 2.47 bits per heavy atom. The van der Waals surface area contributed by atoms with Gasteiger partial charge in [0.25, 0.3) is 0 Å². The minimum atomic E-state index is 0.808. The lowest BCUT2D eigenvalue weighted by Gasteiger charge is -2.12. The van der Waals surface area contributed by atoms with Crippen LogP contribution in [0.2, 0.25) is 0 Å². The first kappa shape index (κ1) is 13.8. The summed E-state index contributed by atoms with van der Waals surface area (Å²) in [6.07, 6.45) is 0.835. The maximum absolute atomic E-state index is 4.56. The van der Waals surface area contributed by atoms with Crippen LogP contribution >= 0.6 is 11.3 Å². The van der Waals surface area contributed by atoms with Gasteiger partial charge in [0.1, 0.15) is 17.5 Å². The number of rotatable bonds is 5. The van der Waals surface area contributed by atoms with Gasteiger partial charge in [-0.25, -0.2) is 9.97 Å². The van der Waals surface area contributed by atoms with Crippen molar-refractivity contribution in [3.05, 3.63) is 33.3 Å². The van der Waals surface area contributed by atoms with Crippen molar-refractivity contribution in [3.8, 4) is 0 Å². The summed E-state index contributed by atoms with van der Waals surface area (Å²) in [5.41, 5.74) is 1.06. The quantitative estimate of drug-likeness (QED) is 0.879. The van der Waals surface area contributed by atoms with E-state index < -0.39 is 0 Å². The molecule has 0 saturated heterocycles. The van der Waals surface area contributed by atoms with Crippen molar-refractivity contribution in [2.45, 2.75) is 33.7 Å².